The summed E-state index contributed by atoms with van der Waals surface area (Å²) in [6, 6.07) is 0. The highest BCUT2D eigenvalue weighted by Crippen LogP contribution is 2.25. The lowest BCUT2D eigenvalue weighted by atomic mass is 9.97. The summed E-state index contributed by atoms with van der Waals surface area (Å²) in [4.78, 5) is 0. The van der Waals surface area contributed by atoms with E-state index in [2.05, 4.69) is 28.6 Å². The number of aryl methyl sites for hydroxylation is 1. The van der Waals surface area contributed by atoms with Gasteiger partial charge in [0.2, 0.25) is 5.51 Å². The van der Waals surface area contributed by atoms with E-state index in [1.54, 1.807) is 11.3 Å². The average molecular weight is 495 g/mol. The Balaban J connectivity index is 1.26. The van der Waals surface area contributed by atoms with Crippen molar-refractivity contribution < 1.29 is 14.0 Å². The van der Waals surface area contributed by atoms with Crippen molar-refractivity contribution in [1.29, 1.82) is 0 Å². The van der Waals surface area contributed by atoms with Crippen molar-refractivity contribution in [3.05, 3.63) is 17.1 Å². The van der Waals surface area contributed by atoms with Gasteiger partial charge in [0.15, 0.2) is 6.20 Å². The van der Waals surface area contributed by atoms with E-state index < -0.39 is 0 Å². The summed E-state index contributed by atoms with van der Waals surface area (Å²) in [6.45, 7) is 6.15. The molecule has 1 aliphatic rings. The third kappa shape index (κ3) is 16.3. The normalized spacial score (nSPS) is 18.1. The molecule has 1 aromatic rings. The van der Waals surface area contributed by atoms with Crippen LogP contribution in [0.25, 0.3) is 0 Å². The van der Waals surface area contributed by atoms with Gasteiger partial charge in [0.25, 0.3) is 0 Å². The summed E-state index contributed by atoms with van der Waals surface area (Å²) in [5.74, 6) is 0.780. The molecular weight excluding hydrogens is 438 g/mol. The Morgan fingerprint density at radius 3 is 2.06 bits per heavy atom. The molecule has 1 saturated heterocycles. The zero-order chi connectivity index (χ0) is 23.9. The maximum Gasteiger partial charge on any atom is 0.224 e. The standard InChI is InChI=1S/C30H56NO2S/c1-2-3-4-5-6-7-8-9-10-11-12-14-17-20-29-25-30(33-26-29)27-32-23-19-16-13-15-18-21-31-22-24-34-28-31/h22,24,28-30H,2-21,23,25-27H2,1H3/q+1. The second-order valence-electron chi connectivity index (χ2n) is 10.7. The topological polar surface area (TPSA) is 22.3 Å². The molecule has 3 nitrogen and oxygen atoms in total. The number of aromatic nitrogens is 1. The third-order valence-corrected chi connectivity index (χ3v) is 8.09. The molecule has 0 radical (unpaired) electrons. The molecule has 0 saturated carbocycles. The van der Waals surface area contributed by atoms with Crippen molar-refractivity contribution in [2.45, 2.75) is 148 Å². The van der Waals surface area contributed by atoms with Gasteiger partial charge in [-0.05, 0) is 31.6 Å². The van der Waals surface area contributed by atoms with Crippen LogP contribution in [0.15, 0.2) is 17.1 Å². The molecule has 0 spiro atoms. The Morgan fingerprint density at radius 2 is 1.41 bits per heavy atom. The Hall–Kier alpha value is -0.450. The first kappa shape index (κ1) is 29.8. The summed E-state index contributed by atoms with van der Waals surface area (Å²) in [5, 5.41) is 2.15. The molecule has 0 amide bonds. The molecule has 2 heterocycles. The molecule has 34 heavy (non-hydrogen) atoms. The van der Waals surface area contributed by atoms with E-state index in [1.807, 2.05) is 0 Å². The quantitative estimate of drug-likeness (QED) is 0.106. The highest BCUT2D eigenvalue weighted by atomic mass is 32.1. The van der Waals surface area contributed by atoms with E-state index >= 15 is 0 Å². The molecule has 4 heteroatoms. The van der Waals surface area contributed by atoms with Crippen LogP contribution in [0.2, 0.25) is 0 Å². The summed E-state index contributed by atoms with van der Waals surface area (Å²) in [7, 11) is 0. The first-order chi connectivity index (χ1) is 16.9. The predicted octanol–water partition coefficient (Wildman–Crippen LogP) is 8.89. The molecule has 1 aliphatic heterocycles. The largest absolute Gasteiger partial charge is 0.379 e. The summed E-state index contributed by atoms with van der Waals surface area (Å²) in [6.07, 6.45) is 30.2. The van der Waals surface area contributed by atoms with Crippen LogP contribution in [0.1, 0.15) is 135 Å². The maximum atomic E-state index is 6.00. The highest BCUT2D eigenvalue weighted by Gasteiger charge is 2.24. The minimum atomic E-state index is 0.356. The fourth-order valence-electron chi connectivity index (χ4n) is 5.18. The Morgan fingerprint density at radius 1 is 0.794 bits per heavy atom. The van der Waals surface area contributed by atoms with Crippen LogP contribution in [-0.2, 0) is 16.0 Å². The Kier molecular flexibility index (Phi) is 19.1. The van der Waals surface area contributed by atoms with Gasteiger partial charge in [-0.2, -0.15) is 4.57 Å². The molecule has 0 bridgehead atoms. The minimum absolute atomic E-state index is 0.356. The van der Waals surface area contributed by atoms with Crippen LogP contribution < -0.4 is 4.57 Å². The van der Waals surface area contributed by atoms with Crippen LogP contribution in [-0.4, -0.2) is 25.9 Å². The van der Waals surface area contributed by atoms with Gasteiger partial charge in [-0.3, -0.25) is 0 Å². The second kappa shape index (κ2) is 21.8. The Bertz CT molecular complexity index is 536. The number of thiazole rings is 1. The molecule has 198 valence electrons. The fraction of sp³-hybridized carbons (Fsp3) is 0.900. The van der Waals surface area contributed by atoms with Crippen LogP contribution in [0.5, 0.6) is 0 Å². The smallest absolute Gasteiger partial charge is 0.224 e. The predicted molar refractivity (Wildman–Crippen MR) is 147 cm³/mol. The lowest BCUT2D eigenvalue weighted by molar-refractivity contribution is -0.692. The molecule has 2 unspecified atom stereocenters. The number of nitrogens with zero attached hydrogens (tertiary/aromatic N) is 1. The summed E-state index contributed by atoms with van der Waals surface area (Å²) >= 11 is 1.77. The molecular formula is C30H56NO2S+. The number of hydrogen-bond acceptors (Lipinski definition) is 3. The zero-order valence-electron chi connectivity index (χ0n) is 22.5. The number of rotatable bonds is 24. The molecule has 0 aliphatic carbocycles. The van der Waals surface area contributed by atoms with Gasteiger partial charge in [0, 0.05) is 19.6 Å². The number of ether oxygens (including phenoxy) is 2. The van der Waals surface area contributed by atoms with Crippen LogP contribution in [0.3, 0.4) is 0 Å². The van der Waals surface area contributed by atoms with Crippen molar-refractivity contribution in [3.8, 4) is 0 Å². The van der Waals surface area contributed by atoms with Gasteiger partial charge >= 0.3 is 0 Å². The summed E-state index contributed by atoms with van der Waals surface area (Å²) < 4.78 is 14.2. The third-order valence-electron chi connectivity index (χ3n) is 7.42. The van der Waals surface area contributed by atoms with Gasteiger partial charge in [-0.25, -0.2) is 0 Å². The average Bonchev–Trinajstić information content (AvgIpc) is 3.53. The number of hydrogen-bond donors (Lipinski definition) is 0. The first-order valence-electron chi connectivity index (χ1n) is 15.0. The van der Waals surface area contributed by atoms with Crippen molar-refractivity contribution in [3.63, 3.8) is 0 Å². The molecule has 0 aromatic carbocycles. The SMILES string of the molecule is CCCCCCCCCCCCCCCC1COC(COCCCCCCC[n+]2ccsc2)C1. The molecule has 1 fully saturated rings. The van der Waals surface area contributed by atoms with Crippen LogP contribution >= 0.6 is 11.3 Å². The van der Waals surface area contributed by atoms with E-state index in [9.17, 15) is 0 Å². The van der Waals surface area contributed by atoms with Crippen molar-refractivity contribution in [1.82, 2.24) is 0 Å². The van der Waals surface area contributed by atoms with E-state index in [0.717, 1.165) is 25.7 Å². The minimum Gasteiger partial charge on any atom is -0.379 e. The van der Waals surface area contributed by atoms with Gasteiger partial charge in [0.05, 0.1) is 18.1 Å². The van der Waals surface area contributed by atoms with Crippen molar-refractivity contribution in [2.24, 2.45) is 5.92 Å². The first-order valence-corrected chi connectivity index (χ1v) is 15.9. The molecule has 2 atom stereocenters. The summed E-state index contributed by atoms with van der Waals surface area (Å²) in [5.41, 5.74) is 2.20. The molecule has 2 rings (SSSR count). The fourth-order valence-corrected chi connectivity index (χ4v) is 5.81. The zero-order valence-corrected chi connectivity index (χ0v) is 23.3. The van der Waals surface area contributed by atoms with E-state index in [-0.39, 0.29) is 0 Å². The van der Waals surface area contributed by atoms with E-state index in [0.29, 0.717) is 6.10 Å². The van der Waals surface area contributed by atoms with Crippen LogP contribution in [0.4, 0.5) is 0 Å². The Labute approximate surface area is 216 Å². The molecule has 1 aromatic heterocycles. The van der Waals surface area contributed by atoms with E-state index in [4.69, 9.17) is 9.47 Å². The highest BCUT2D eigenvalue weighted by molar-refractivity contribution is 7.07. The van der Waals surface area contributed by atoms with Gasteiger partial charge in [0.1, 0.15) is 6.54 Å². The number of unbranched alkanes of at least 4 members (excludes halogenated alkanes) is 16. The maximum absolute atomic E-state index is 6.00. The second-order valence-corrected chi connectivity index (χ2v) is 11.5. The monoisotopic (exact) mass is 494 g/mol. The van der Waals surface area contributed by atoms with E-state index in [1.165, 1.54) is 135 Å². The van der Waals surface area contributed by atoms with Gasteiger partial charge in [-0.15, -0.1) is 0 Å². The van der Waals surface area contributed by atoms with Gasteiger partial charge < -0.3 is 9.47 Å². The van der Waals surface area contributed by atoms with Crippen molar-refractivity contribution >= 4 is 11.3 Å². The lowest BCUT2D eigenvalue weighted by Crippen LogP contribution is -2.29. The van der Waals surface area contributed by atoms with Crippen molar-refractivity contribution in [2.75, 3.05) is 19.8 Å². The van der Waals surface area contributed by atoms with Crippen LogP contribution in [0, 0.1) is 5.92 Å². The lowest BCUT2D eigenvalue weighted by Gasteiger charge is -2.10. The molecule has 0 N–H and O–H groups in total. The van der Waals surface area contributed by atoms with Gasteiger partial charge in [-0.1, -0.05) is 115 Å².